The average molecular weight is 505 g/mol. The maximum Gasteiger partial charge on any atom is 0.573 e. The molecule has 5 rings (SSSR count). The highest BCUT2D eigenvalue weighted by Gasteiger charge is 2.31. The molecule has 0 radical (unpaired) electrons. The molecule has 3 aromatic carbocycles. The van der Waals surface area contributed by atoms with Gasteiger partial charge in [-0.25, -0.2) is 4.98 Å². The largest absolute Gasteiger partial charge is 0.573 e. The van der Waals surface area contributed by atoms with Crippen LogP contribution in [0.2, 0.25) is 0 Å². The predicted octanol–water partition coefficient (Wildman–Crippen LogP) is 6.64. The van der Waals surface area contributed by atoms with Crippen LogP contribution in [-0.4, -0.2) is 15.9 Å². The lowest BCUT2D eigenvalue weighted by Crippen LogP contribution is -2.17. The summed E-state index contributed by atoms with van der Waals surface area (Å²) < 4.78 is 43.3. The first-order valence-electron chi connectivity index (χ1n) is 12.1. The summed E-state index contributed by atoms with van der Waals surface area (Å²) in [5.41, 5.74) is 15.8. The number of nitrogens with zero attached hydrogens (tertiary/aromatic N) is 2. The van der Waals surface area contributed by atoms with Crippen molar-refractivity contribution >= 4 is 11.4 Å². The Bertz CT molecular complexity index is 1460. The van der Waals surface area contributed by atoms with Gasteiger partial charge in [0.25, 0.3) is 0 Å². The second-order valence-corrected chi connectivity index (χ2v) is 8.98. The molecule has 0 saturated carbocycles. The second-order valence-electron chi connectivity index (χ2n) is 8.98. The molecule has 0 atom stereocenters. The van der Waals surface area contributed by atoms with Crippen LogP contribution in [0.15, 0.2) is 73.6 Å². The van der Waals surface area contributed by atoms with Gasteiger partial charge >= 0.3 is 6.36 Å². The van der Waals surface area contributed by atoms with Gasteiger partial charge in [0, 0.05) is 29.2 Å². The number of anilines is 1. The number of imidazole rings is 1. The number of alkyl halides is 3. The summed E-state index contributed by atoms with van der Waals surface area (Å²) in [6.07, 6.45) is -0.544. The van der Waals surface area contributed by atoms with E-state index in [1.807, 2.05) is 22.8 Å². The number of halogens is 3. The maximum absolute atomic E-state index is 12.5. The molecule has 0 amide bonds. The summed E-state index contributed by atoms with van der Waals surface area (Å²) in [5, 5.41) is 3.46. The van der Waals surface area contributed by atoms with E-state index in [0.717, 1.165) is 64.4 Å². The smallest absolute Gasteiger partial charge is 0.406 e. The van der Waals surface area contributed by atoms with E-state index < -0.39 is 6.36 Å². The Morgan fingerprint density at radius 3 is 2.57 bits per heavy atom. The van der Waals surface area contributed by atoms with Gasteiger partial charge < -0.3 is 20.4 Å². The first-order chi connectivity index (χ1) is 17.8. The fourth-order valence-electron chi connectivity index (χ4n) is 4.76. The molecule has 0 aliphatic heterocycles. The van der Waals surface area contributed by atoms with Crippen molar-refractivity contribution in [2.75, 3.05) is 5.32 Å². The Morgan fingerprint density at radius 2 is 1.86 bits per heavy atom. The van der Waals surface area contributed by atoms with Crippen molar-refractivity contribution in [3.63, 3.8) is 0 Å². The normalized spacial score (nSPS) is 12.6. The topological polar surface area (TPSA) is 65.1 Å². The summed E-state index contributed by atoms with van der Waals surface area (Å²) in [5.74, 6) is -0.252. The van der Waals surface area contributed by atoms with Crippen molar-refractivity contribution in [1.29, 1.82) is 0 Å². The van der Waals surface area contributed by atoms with Crippen LogP contribution in [-0.2, 0) is 25.8 Å². The van der Waals surface area contributed by atoms with E-state index >= 15 is 0 Å². The number of hydrogen-bond acceptors (Lipinski definition) is 4. The molecule has 8 heteroatoms. The molecular weight excluding hydrogens is 477 g/mol. The van der Waals surface area contributed by atoms with E-state index in [1.54, 1.807) is 18.5 Å². The first kappa shape index (κ1) is 24.6. The van der Waals surface area contributed by atoms with Crippen LogP contribution in [0, 0.1) is 0 Å². The van der Waals surface area contributed by atoms with E-state index in [9.17, 15) is 13.2 Å². The Balaban J connectivity index is 1.37. The van der Waals surface area contributed by atoms with Crippen LogP contribution < -0.4 is 15.8 Å². The van der Waals surface area contributed by atoms with Gasteiger partial charge in [0.1, 0.15) is 12.1 Å². The van der Waals surface area contributed by atoms with Gasteiger partial charge in [0.05, 0.1) is 11.4 Å². The van der Waals surface area contributed by atoms with E-state index in [1.165, 1.54) is 23.3 Å². The van der Waals surface area contributed by atoms with E-state index in [4.69, 9.17) is 5.73 Å². The highest BCUT2D eigenvalue weighted by Crippen LogP contribution is 2.36. The van der Waals surface area contributed by atoms with Crippen molar-refractivity contribution in [3.05, 3.63) is 102 Å². The molecular formula is C29H27F3N4O. The lowest BCUT2D eigenvalue weighted by Gasteiger charge is -2.20. The molecule has 1 aliphatic carbocycles. The predicted molar refractivity (Wildman–Crippen MR) is 139 cm³/mol. The summed E-state index contributed by atoms with van der Waals surface area (Å²) in [4.78, 5) is 4.64. The molecule has 1 aromatic heterocycles. The maximum atomic E-state index is 12.5. The van der Waals surface area contributed by atoms with E-state index in [-0.39, 0.29) is 5.75 Å². The van der Waals surface area contributed by atoms with Crippen molar-refractivity contribution in [2.45, 2.75) is 39.1 Å². The molecule has 3 N–H and O–H groups in total. The zero-order valence-electron chi connectivity index (χ0n) is 20.4. The fraction of sp³-hybridized carbons (Fsp3) is 0.207. The standard InChI is InChI=1S/C29H27F3N4O/c1-3-20-14-19(16-33)4-12-26(20)35-18(2)21-5-11-25-22(15-21)6-13-27-28(25)34-17-36(27)23-7-9-24(10-8-23)37-29(30,31)32/h4-5,7-12,14-15,17,35H,2-3,6,13,16,33H2,1H3. The molecule has 1 heterocycles. The molecule has 0 fully saturated rings. The number of aryl methyl sites for hydroxylation is 2. The van der Waals surface area contributed by atoms with Crippen LogP contribution in [0.1, 0.15) is 34.9 Å². The minimum atomic E-state index is -4.72. The molecule has 0 unspecified atom stereocenters. The number of fused-ring (bicyclic) bond motifs is 3. The lowest BCUT2D eigenvalue weighted by atomic mass is 9.90. The minimum Gasteiger partial charge on any atom is -0.406 e. The molecule has 4 aromatic rings. The zero-order chi connectivity index (χ0) is 26.2. The number of aromatic nitrogens is 2. The summed E-state index contributed by atoms with van der Waals surface area (Å²) in [6, 6.07) is 18.3. The monoisotopic (exact) mass is 504 g/mol. The number of nitrogens with two attached hydrogens (primary N) is 1. The molecule has 5 nitrogen and oxygen atoms in total. The number of hydrogen-bond donors (Lipinski definition) is 2. The number of ether oxygens (including phenoxy) is 1. The second kappa shape index (κ2) is 9.78. The van der Waals surface area contributed by atoms with Gasteiger partial charge in [-0.05, 0) is 77.9 Å². The van der Waals surface area contributed by atoms with Gasteiger partial charge in [0.2, 0.25) is 0 Å². The molecule has 0 saturated heterocycles. The third kappa shape index (κ3) is 5.11. The van der Waals surface area contributed by atoms with Crippen molar-refractivity contribution in [2.24, 2.45) is 5.73 Å². The average Bonchev–Trinajstić information content (AvgIpc) is 3.32. The molecule has 0 spiro atoms. The quantitative estimate of drug-likeness (QED) is 0.296. The lowest BCUT2D eigenvalue weighted by molar-refractivity contribution is -0.274. The van der Waals surface area contributed by atoms with Gasteiger partial charge in [0.15, 0.2) is 0 Å². The Kier molecular flexibility index (Phi) is 6.52. The van der Waals surface area contributed by atoms with Crippen LogP contribution in [0.3, 0.4) is 0 Å². The summed E-state index contributed by atoms with van der Waals surface area (Å²) >= 11 is 0. The molecule has 37 heavy (non-hydrogen) atoms. The van der Waals surface area contributed by atoms with Gasteiger partial charge in [-0.15, -0.1) is 13.2 Å². The van der Waals surface area contributed by atoms with Gasteiger partial charge in [-0.3, -0.25) is 0 Å². The molecule has 1 aliphatic rings. The fourth-order valence-corrected chi connectivity index (χ4v) is 4.76. The number of rotatable bonds is 7. The first-order valence-corrected chi connectivity index (χ1v) is 12.1. The van der Waals surface area contributed by atoms with Crippen LogP contribution in [0.25, 0.3) is 22.6 Å². The van der Waals surface area contributed by atoms with Crippen LogP contribution in [0.4, 0.5) is 18.9 Å². The third-order valence-corrected chi connectivity index (χ3v) is 6.63. The molecule has 190 valence electrons. The Hall–Kier alpha value is -4.04. The van der Waals surface area contributed by atoms with Crippen LogP contribution in [0.5, 0.6) is 5.75 Å². The van der Waals surface area contributed by atoms with Crippen LogP contribution >= 0.6 is 0 Å². The van der Waals surface area contributed by atoms with Gasteiger partial charge in [-0.1, -0.05) is 37.8 Å². The summed E-state index contributed by atoms with van der Waals surface area (Å²) in [7, 11) is 0. The Morgan fingerprint density at radius 1 is 1.08 bits per heavy atom. The summed E-state index contributed by atoms with van der Waals surface area (Å²) in [6.45, 7) is 6.89. The SMILES string of the molecule is C=C(Nc1ccc(CN)cc1CC)c1ccc2c(c1)CCc1c-2ncn1-c1ccc(OC(F)(F)F)cc1. The zero-order valence-corrected chi connectivity index (χ0v) is 20.4. The Labute approximate surface area is 213 Å². The van der Waals surface area contributed by atoms with E-state index in [0.29, 0.717) is 6.54 Å². The van der Waals surface area contributed by atoms with Gasteiger partial charge in [-0.2, -0.15) is 0 Å². The third-order valence-electron chi connectivity index (χ3n) is 6.63. The van der Waals surface area contributed by atoms with Crippen molar-refractivity contribution in [3.8, 4) is 22.7 Å². The van der Waals surface area contributed by atoms with E-state index in [2.05, 4.69) is 46.7 Å². The highest BCUT2D eigenvalue weighted by atomic mass is 19.4. The van der Waals surface area contributed by atoms with Crippen molar-refractivity contribution in [1.82, 2.24) is 9.55 Å². The highest BCUT2D eigenvalue weighted by molar-refractivity contribution is 5.80. The molecule has 0 bridgehead atoms. The number of nitrogens with one attached hydrogen (secondary N) is 1. The van der Waals surface area contributed by atoms with Crippen molar-refractivity contribution < 1.29 is 17.9 Å². The number of benzene rings is 3. The minimum absolute atomic E-state index is 0.252.